The van der Waals surface area contributed by atoms with Gasteiger partial charge in [0.15, 0.2) is 0 Å². The highest BCUT2D eigenvalue weighted by molar-refractivity contribution is 5.72. The van der Waals surface area contributed by atoms with Gasteiger partial charge in [0.25, 0.3) is 0 Å². The normalized spacial score (nSPS) is 13.9. The first-order valence-electron chi connectivity index (χ1n) is 26.9. The number of hydrogen-bond acceptors (Lipinski definition) is 6. The Kier molecular flexibility index (Phi) is 41.1. The molecule has 0 bridgehead atoms. The van der Waals surface area contributed by atoms with Crippen LogP contribution in [-0.4, -0.2) is 59.4 Å². The van der Waals surface area contributed by atoms with Crippen LogP contribution in [0.3, 0.4) is 0 Å². The standard InChI is InChI=1S/C54H107NO5/c1-9-13-17-21-23-31-41-51(39-29-20-16-12-4)53(57)60-47-37-27-25-33-43-54(58,44-34-35-45-55(48(5)6)49(7)8)42-32-24-26-36-46-59-52(56)50(38-28-19-15-11-3)40-30-22-18-14-10-2/h48-51,58H,9-47H2,1-8H3. The second-order valence-corrected chi connectivity index (χ2v) is 19.6. The number of carbonyl (C=O) groups is 2. The molecule has 0 aromatic rings. The van der Waals surface area contributed by atoms with Crippen LogP contribution in [0.2, 0.25) is 0 Å². The van der Waals surface area contributed by atoms with Gasteiger partial charge in [0.05, 0.1) is 30.7 Å². The van der Waals surface area contributed by atoms with E-state index < -0.39 is 5.60 Å². The third-order valence-corrected chi connectivity index (χ3v) is 13.2. The second-order valence-electron chi connectivity index (χ2n) is 19.6. The SMILES string of the molecule is CCCCCCCCC(CCCCCC)C(=O)OCCCCCCC(O)(CCCCCCOC(=O)C(CCCCCC)CCCCCCC)CCCCN(C(C)C)C(C)C. The Bertz CT molecular complexity index is 931. The molecule has 6 heteroatoms. The maximum atomic E-state index is 13.1. The summed E-state index contributed by atoms with van der Waals surface area (Å²) in [5.74, 6) is 0.210. The zero-order valence-electron chi connectivity index (χ0n) is 41.9. The van der Waals surface area contributed by atoms with Gasteiger partial charge in [0.1, 0.15) is 0 Å². The number of unbranched alkanes of at least 4 members (excludes halogenated alkanes) is 22. The van der Waals surface area contributed by atoms with Crippen LogP contribution >= 0.6 is 0 Å². The number of nitrogens with zero attached hydrogens (tertiary/aromatic N) is 1. The van der Waals surface area contributed by atoms with Gasteiger partial charge in [0.2, 0.25) is 0 Å². The first-order chi connectivity index (χ1) is 29.0. The monoisotopic (exact) mass is 850 g/mol. The van der Waals surface area contributed by atoms with E-state index in [0.29, 0.717) is 25.3 Å². The summed E-state index contributed by atoms with van der Waals surface area (Å²) in [7, 11) is 0. The van der Waals surface area contributed by atoms with Crippen LogP contribution in [-0.2, 0) is 19.1 Å². The summed E-state index contributed by atoms with van der Waals surface area (Å²) in [5, 5.41) is 12.0. The minimum absolute atomic E-state index is 0.0357. The van der Waals surface area contributed by atoms with E-state index in [9.17, 15) is 14.7 Å². The number of ether oxygens (including phenoxy) is 2. The Morgan fingerprint density at radius 3 is 1.05 bits per heavy atom. The molecule has 0 radical (unpaired) electrons. The highest BCUT2D eigenvalue weighted by atomic mass is 16.5. The van der Waals surface area contributed by atoms with E-state index in [1.54, 1.807) is 0 Å². The van der Waals surface area contributed by atoms with E-state index in [2.05, 4.69) is 60.3 Å². The van der Waals surface area contributed by atoms with Crippen LogP contribution < -0.4 is 0 Å². The highest BCUT2D eigenvalue weighted by Gasteiger charge is 2.26. The largest absolute Gasteiger partial charge is 0.465 e. The van der Waals surface area contributed by atoms with Gasteiger partial charge >= 0.3 is 11.9 Å². The van der Waals surface area contributed by atoms with Crippen molar-refractivity contribution in [1.82, 2.24) is 4.90 Å². The highest BCUT2D eigenvalue weighted by Crippen LogP contribution is 2.29. The van der Waals surface area contributed by atoms with E-state index >= 15 is 0 Å². The molecular formula is C54H107NO5. The van der Waals surface area contributed by atoms with E-state index in [1.165, 1.54) is 96.3 Å². The number of carbonyl (C=O) groups excluding carboxylic acids is 2. The van der Waals surface area contributed by atoms with Crippen molar-refractivity contribution < 1.29 is 24.2 Å². The topological polar surface area (TPSA) is 76.1 Å². The molecule has 0 heterocycles. The van der Waals surface area contributed by atoms with Crippen LogP contribution in [0, 0.1) is 11.8 Å². The fraction of sp³-hybridized carbons (Fsp3) is 0.963. The van der Waals surface area contributed by atoms with Crippen molar-refractivity contribution in [3.8, 4) is 0 Å². The first kappa shape index (κ1) is 58.9. The fourth-order valence-corrected chi connectivity index (χ4v) is 9.20. The molecule has 358 valence electrons. The predicted molar refractivity (Wildman–Crippen MR) is 260 cm³/mol. The second kappa shape index (κ2) is 41.8. The maximum Gasteiger partial charge on any atom is 0.308 e. The summed E-state index contributed by atoms with van der Waals surface area (Å²) in [6.07, 6.45) is 40.1. The smallest absolute Gasteiger partial charge is 0.308 e. The molecular weight excluding hydrogens is 743 g/mol. The van der Waals surface area contributed by atoms with Gasteiger partial charge in [-0.2, -0.15) is 0 Å². The molecule has 6 nitrogen and oxygen atoms in total. The fourth-order valence-electron chi connectivity index (χ4n) is 9.20. The van der Waals surface area contributed by atoms with Crippen LogP contribution in [0.4, 0.5) is 0 Å². The van der Waals surface area contributed by atoms with Crippen molar-refractivity contribution in [1.29, 1.82) is 0 Å². The van der Waals surface area contributed by atoms with Crippen molar-refractivity contribution in [2.75, 3.05) is 19.8 Å². The van der Waals surface area contributed by atoms with E-state index in [1.807, 2.05) is 0 Å². The predicted octanol–water partition coefficient (Wildman–Crippen LogP) is 16.3. The molecule has 1 N–H and O–H groups in total. The summed E-state index contributed by atoms with van der Waals surface area (Å²) >= 11 is 0. The molecule has 0 fully saturated rings. The molecule has 0 saturated heterocycles. The average molecular weight is 850 g/mol. The molecule has 0 aromatic carbocycles. The molecule has 60 heavy (non-hydrogen) atoms. The van der Waals surface area contributed by atoms with Gasteiger partial charge in [-0.1, -0.05) is 188 Å². The van der Waals surface area contributed by atoms with Crippen molar-refractivity contribution in [3.63, 3.8) is 0 Å². The lowest BCUT2D eigenvalue weighted by Crippen LogP contribution is -2.38. The number of rotatable bonds is 46. The zero-order valence-corrected chi connectivity index (χ0v) is 41.9. The van der Waals surface area contributed by atoms with Gasteiger partial charge in [-0.15, -0.1) is 0 Å². The molecule has 0 aliphatic heterocycles. The lowest BCUT2D eigenvalue weighted by Gasteiger charge is -2.32. The first-order valence-corrected chi connectivity index (χ1v) is 26.9. The number of hydrogen-bond donors (Lipinski definition) is 1. The third-order valence-electron chi connectivity index (χ3n) is 13.2. The Morgan fingerprint density at radius 1 is 0.417 bits per heavy atom. The Morgan fingerprint density at radius 2 is 0.700 bits per heavy atom. The van der Waals surface area contributed by atoms with Crippen molar-refractivity contribution in [2.24, 2.45) is 11.8 Å². The van der Waals surface area contributed by atoms with Crippen molar-refractivity contribution >= 4 is 11.9 Å². The molecule has 0 saturated carbocycles. The Labute approximate surface area is 375 Å². The molecule has 3 unspecified atom stereocenters. The quantitative estimate of drug-likeness (QED) is 0.0486. The van der Waals surface area contributed by atoms with Gasteiger partial charge in [0, 0.05) is 12.1 Å². The summed E-state index contributed by atoms with van der Waals surface area (Å²) in [5.41, 5.74) is -0.622. The molecule has 0 aromatic heterocycles. The van der Waals surface area contributed by atoms with Crippen LogP contribution in [0.15, 0.2) is 0 Å². The summed E-state index contributed by atoms with van der Waals surface area (Å²) in [6.45, 7) is 20.3. The minimum atomic E-state index is -0.622. The van der Waals surface area contributed by atoms with Crippen LogP contribution in [0.1, 0.15) is 287 Å². The molecule has 0 rings (SSSR count). The molecule has 3 atom stereocenters. The average Bonchev–Trinajstić information content (AvgIpc) is 3.22. The molecule has 0 aliphatic carbocycles. The van der Waals surface area contributed by atoms with Crippen molar-refractivity contribution in [2.45, 2.75) is 304 Å². The Hall–Kier alpha value is -1.14. The third kappa shape index (κ3) is 34.4. The lowest BCUT2D eigenvalue weighted by molar-refractivity contribution is -0.150. The summed E-state index contributed by atoms with van der Waals surface area (Å²) in [6, 6.07) is 1.07. The molecule has 0 spiro atoms. The number of esters is 2. The Balaban J connectivity index is 4.87. The maximum absolute atomic E-state index is 13.1. The molecule has 0 amide bonds. The van der Waals surface area contributed by atoms with Gasteiger partial charge in [-0.3, -0.25) is 14.5 Å². The molecule has 0 aliphatic rings. The van der Waals surface area contributed by atoms with Gasteiger partial charge in [-0.05, 0) is 105 Å². The van der Waals surface area contributed by atoms with Crippen LogP contribution in [0.5, 0.6) is 0 Å². The zero-order chi connectivity index (χ0) is 44.5. The van der Waals surface area contributed by atoms with E-state index in [0.717, 1.165) is 141 Å². The van der Waals surface area contributed by atoms with Gasteiger partial charge < -0.3 is 14.6 Å². The minimum Gasteiger partial charge on any atom is -0.465 e. The lowest BCUT2D eigenvalue weighted by atomic mass is 9.85. The van der Waals surface area contributed by atoms with E-state index in [-0.39, 0.29) is 23.8 Å². The number of aliphatic hydroxyl groups is 1. The summed E-state index contributed by atoms with van der Waals surface area (Å²) < 4.78 is 11.7. The van der Waals surface area contributed by atoms with E-state index in [4.69, 9.17) is 9.47 Å². The van der Waals surface area contributed by atoms with Crippen LogP contribution in [0.25, 0.3) is 0 Å². The summed E-state index contributed by atoms with van der Waals surface area (Å²) in [4.78, 5) is 28.7. The van der Waals surface area contributed by atoms with Crippen molar-refractivity contribution in [3.05, 3.63) is 0 Å². The van der Waals surface area contributed by atoms with Gasteiger partial charge in [-0.25, -0.2) is 0 Å².